The number of ketones is 1. The number of halogens is 4. The van der Waals surface area contributed by atoms with E-state index in [0.29, 0.717) is 29.7 Å². The van der Waals surface area contributed by atoms with Gasteiger partial charge in [-0.1, -0.05) is 34.1 Å². The Morgan fingerprint density at radius 2 is 1.85 bits per heavy atom. The summed E-state index contributed by atoms with van der Waals surface area (Å²) in [6.07, 6.45) is -3.33. The molecule has 0 radical (unpaired) electrons. The van der Waals surface area contributed by atoms with E-state index in [2.05, 4.69) is 15.9 Å². The normalized spacial score (nSPS) is 19.0. The maximum atomic E-state index is 13.4. The number of ether oxygens (including phenoxy) is 1. The van der Waals surface area contributed by atoms with Crippen molar-refractivity contribution in [2.75, 3.05) is 12.0 Å². The van der Waals surface area contributed by atoms with Crippen molar-refractivity contribution in [3.63, 3.8) is 0 Å². The summed E-state index contributed by atoms with van der Waals surface area (Å²) in [5, 5.41) is 0. The number of nitrogens with two attached hydrogens (primary N) is 1. The molecule has 1 unspecified atom stereocenters. The SMILES string of the molecule is COC(=O)C1=C(N)N(c2cccc(C(F)(F)F)c2)C2=C(C(=O)CCC2)C1c1ccc(Br)cc1. The molecule has 0 saturated carbocycles. The molecule has 0 bridgehead atoms. The van der Waals surface area contributed by atoms with E-state index in [1.807, 2.05) is 0 Å². The molecule has 9 heteroatoms. The standard InChI is InChI=1S/C24H20BrF3N2O3/c1-33-23(32)21-19(13-8-10-15(25)11-9-13)20-17(6-3-7-18(20)31)30(22(21)29)16-5-2-4-14(12-16)24(26,27)28/h2,4-5,8-12,19H,3,6-7,29H2,1H3. The Morgan fingerprint density at radius 1 is 1.15 bits per heavy atom. The van der Waals surface area contributed by atoms with Crippen LogP contribution in [0.15, 0.2) is 75.7 Å². The molecule has 0 fully saturated rings. The predicted octanol–water partition coefficient (Wildman–Crippen LogP) is 5.42. The number of alkyl halides is 3. The quantitative estimate of drug-likeness (QED) is 0.547. The van der Waals surface area contributed by atoms with Crippen molar-refractivity contribution in [2.24, 2.45) is 5.73 Å². The summed E-state index contributed by atoms with van der Waals surface area (Å²) in [5.74, 6) is -1.75. The van der Waals surface area contributed by atoms with Gasteiger partial charge in [-0.05, 0) is 48.7 Å². The third-order valence-corrected chi connectivity index (χ3v) is 6.36. The molecule has 2 N–H and O–H groups in total. The van der Waals surface area contributed by atoms with Crippen LogP contribution in [0.5, 0.6) is 0 Å². The first-order valence-corrected chi connectivity index (χ1v) is 11.0. The van der Waals surface area contributed by atoms with Crippen molar-refractivity contribution in [1.82, 2.24) is 0 Å². The highest BCUT2D eigenvalue weighted by Crippen LogP contribution is 2.47. The monoisotopic (exact) mass is 520 g/mol. The van der Waals surface area contributed by atoms with E-state index in [-0.39, 0.29) is 29.3 Å². The second kappa shape index (κ2) is 8.70. The molecule has 33 heavy (non-hydrogen) atoms. The lowest BCUT2D eigenvalue weighted by Crippen LogP contribution is -2.41. The van der Waals surface area contributed by atoms with Gasteiger partial charge in [0.1, 0.15) is 5.82 Å². The Kier molecular flexibility index (Phi) is 6.09. The molecule has 0 amide bonds. The Hall–Kier alpha value is -3.07. The van der Waals surface area contributed by atoms with Crippen LogP contribution in [0.2, 0.25) is 0 Å². The molecule has 2 aromatic rings. The lowest BCUT2D eigenvalue weighted by atomic mass is 9.75. The fourth-order valence-corrected chi connectivity index (χ4v) is 4.67. The maximum absolute atomic E-state index is 13.4. The van der Waals surface area contributed by atoms with Crippen LogP contribution in [0.4, 0.5) is 18.9 Å². The molecule has 1 aliphatic carbocycles. The minimum atomic E-state index is -4.56. The van der Waals surface area contributed by atoms with Crippen LogP contribution in [-0.2, 0) is 20.5 Å². The third-order valence-electron chi connectivity index (χ3n) is 5.83. The second-order valence-corrected chi connectivity index (χ2v) is 8.71. The average molecular weight is 521 g/mol. The van der Waals surface area contributed by atoms with Crippen molar-refractivity contribution in [1.29, 1.82) is 0 Å². The number of carbonyl (C=O) groups is 2. The molecular weight excluding hydrogens is 501 g/mol. The number of benzene rings is 2. The Balaban J connectivity index is 1.99. The van der Waals surface area contributed by atoms with Crippen molar-refractivity contribution in [3.05, 3.63) is 86.8 Å². The van der Waals surface area contributed by atoms with Gasteiger partial charge in [-0.2, -0.15) is 13.2 Å². The zero-order valence-electron chi connectivity index (χ0n) is 17.6. The van der Waals surface area contributed by atoms with E-state index in [9.17, 15) is 22.8 Å². The minimum Gasteiger partial charge on any atom is -0.466 e. The lowest BCUT2D eigenvalue weighted by Gasteiger charge is -2.40. The number of hydrogen-bond donors (Lipinski definition) is 1. The highest BCUT2D eigenvalue weighted by Gasteiger charge is 2.43. The summed E-state index contributed by atoms with van der Waals surface area (Å²) in [4.78, 5) is 27.5. The first-order valence-electron chi connectivity index (χ1n) is 10.2. The average Bonchev–Trinajstić information content (AvgIpc) is 2.78. The van der Waals surface area contributed by atoms with Gasteiger partial charge in [-0.25, -0.2) is 4.79 Å². The zero-order valence-corrected chi connectivity index (χ0v) is 19.2. The largest absolute Gasteiger partial charge is 0.466 e. The van der Waals surface area contributed by atoms with E-state index >= 15 is 0 Å². The maximum Gasteiger partial charge on any atom is 0.416 e. The predicted molar refractivity (Wildman–Crippen MR) is 120 cm³/mol. The molecule has 5 nitrogen and oxygen atoms in total. The molecule has 0 aromatic heterocycles. The number of hydrogen-bond acceptors (Lipinski definition) is 5. The summed E-state index contributed by atoms with van der Waals surface area (Å²) in [5.41, 5.74) is 7.28. The van der Waals surface area contributed by atoms with Crippen LogP contribution in [0.1, 0.15) is 36.3 Å². The Labute approximate surface area is 196 Å². The fraction of sp³-hybridized carbons (Fsp3) is 0.250. The van der Waals surface area contributed by atoms with Crippen molar-refractivity contribution in [3.8, 4) is 0 Å². The molecule has 172 valence electrons. The van der Waals surface area contributed by atoms with Gasteiger partial charge < -0.3 is 10.5 Å². The summed E-state index contributed by atoms with van der Waals surface area (Å²) >= 11 is 3.38. The minimum absolute atomic E-state index is 0.0197. The van der Waals surface area contributed by atoms with E-state index in [1.54, 1.807) is 24.3 Å². The molecular formula is C24H20BrF3N2O3. The number of anilines is 1. The van der Waals surface area contributed by atoms with Crippen LogP contribution < -0.4 is 10.6 Å². The van der Waals surface area contributed by atoms with Crippen LogP contribution >= 0.6 is 15.9 Å². The molecule has 0 saturated heterocycles. The van der Waals surface area contributed by atoms with Gasteiger partial charge in [-0.15, -0.1) is 0 Å². The number of Topliss-reactive ketones (excluding diaryl/α,β-unsaturated/α-hetero) is 1. The molecule has 1 aliphatic heterocycles. The fourth-order valence-electron chi connectivity index (χ4n) is 4.40. The lowest BCUT2D eigenvalue weighted by molar-refractivity contribution is -0.138. The van der Waals surface area contributed by atoms with Crippen LogP contribution in [0, 0.1) is 0 Å². The third kappa shape index (κ3) is 4.17. The van der Waals surface area contributed by atoms with E-state index in [0.717, 1.165) is 16.6 Å². The number of allylic oxidation sites excluding steroid dienone is 2. The van der Waals surface area contributed by atoms with Gasteiger partial charge in [0.15, 0.2) is 5.78 Å². The molecule has 1 atom stereocenters. The van der Waals surface area contributed by atoms with E-state index in [1.165, 1.54) is 24.1 Å². The highest BCUT2D eigenvalue weighted by molar-refractivity contribution is 9.10. The topological polar surface area (TPSA) is 72.6 Å². The number of carbonyl (C=O) groups excluding carboxylic acids is 2. The zero-order chi connectivity index (χ0) is 23.9. The van der Waals surface area contributed by atoms with Crippen molar-refractivity contribution < 1.29 is 27.5 Å². The van der Waals surface area contributed by atoms with Gasteiger partial charge in [0.05, 0.1) is 24.2 Å². The van der Waals surface area contributed by atoms with Gasteiger partial charge in [0.25, 0.3) is 0 Å². The highest BCUT2D eigenvalue weighted by atomic mass is 79.9. The molecule has 4 rings (SSSR count). The second-order valence-electron chi connectivity index (χ2n) is 7.80. The van der Waals surface area contributed by atoms with Crippen molar-refractivity contribution >= 4 is 33.4 Å². The number of nitrogens with zero attached hydrogens (tertiary/aromatic N) is 1. The first kappa shape index (κ1) is 23.1. The van der Waals surface area contributed by atoms with Gasteiger partial charge in [0.2, 0.25) is 0 Å². The summed E-state index contributed by atoms with van der Waals surface area (Å²) < 4.78 is 46.0. The summed E-state index contributed by atoms with van der Waals surface area (Å²) in [6, 6.07) is 11.8. The van der Waals surface area contributed by atoms with Crippen LogP contribution in [0.25, 0.3) is 0 Å². The van der Waals surface area contributed by atoms with E-state index in [4.69, 9.17) is 10.5 Å². The Bertz CT molecular complexity index is 1190. The van der Waals surface area contributed by atoms with Gasteiger partial charge in [0, 0.05) is 27.9 Å². The summed E-state index contributed by atoms with van der Waals surface area (Å²) in [7, 11) is 1.20. The molecule has 1 heterocycles. The van der Waals surface area contributed by atoms with Gasteiger partial charge in [-0.3, -0.25) is 9.69 Å². The smallest absolute Gasteiger partial charge is 0.416 e. The van der Waals surface area contributed by atoms with Crippen molar-refractivity contribution in [2.45, 2.75) is 31.4 Å². The molecule has 2 aliphatic rings. The molecule has 0 spiro atoms. The Morgan fingerprint density at radius 3 is 2.48 bits per heavy atom. The number of methoxy groups -OCH3 is 1. The van der Waals surface area contributed by atoms with E-state index < -0.39 is 23.6 Å². The molecule has 2 aromatic carbocycles. The summed E-state index contributed by atoms with van der Waals surface area (Å²) in [6.45, 7) is 0. The number of rotatable bonds is 3. The number of esters is 1. The first-order chi connectivity index (χ1) is 15.6. The van der Waals surface area contributed by atoms with Crippen LogP contribution in [-0.4, -0.2) is 18.9 Å². The van der Waals surface area contributed by atoms with Gasteiger partial charge >= 0.3 is 12.1 Å². The van der Waals surface area contributed by atoms with Crippen LogP contribution in [0.3, 0.4) is 0 Å².